The van der Waals surface area contributed by atoms with Crippen LogP contribution >= 0.6 is 22.6 Å². The van der Waals surface area contributed by atoms with Crippen LogP contribution in [0.1, 0.15) is 0 Å². The molecule has 2 rings (SSSR count). The average Bonchev–Trinajstić information content (AvgIpc) is 2.19. The van der Waals surface area contributed by atoms with Gasteiger partial charge in [0, 0.05) is 17.2 Å². The van der Waals surface area contributed by atoms with Crippen molar-refractivity contribution < 1.29 is 4.74 Å². The zero-order valence-corrected chi connectivity index (χ0v) is 10.2. The maximum Gasteiger partial charge on any atom is 0.0681 e. The van der Waals surface area contributed by atoms with Crippen LogP contribution in [-0.2, 0) is 4.74 Å². The van der Waals surface area contributed by atoms with E-state index < -0.39 is 0 Å². The second kappa shape index (κ2) is 4.35. The average molecular weight is 304 g/mol. The Morgan fingerprint density at radius 1 is 1.50 bits per heavy atom. The van der Waals surface area contributed by atoms with E-state index in [-0.39, 0.29) is 0 Å². The van der Waals surface area contributed by atoms with E-state index in [0.717, 1.165) is 13.2 Å². The maximum absolute atomic E-state index is 5.12. The number of nitrogens with one attached hydrogen (secondary N) is 2. The highest BCUT2D eigenvalue weighted by Gasteiger charge is 2.16. The summed E-state index contributed by atoms with van der Waals surface area (Å²) in [7, 11) is 1.73. The summed E-state index contributed by atoms with van der Waals surface area (Å²) in [4.78, 5) is 0. The van der Waals surface area contributed by atoms with Crippen LogP contribution in [-0.4, -0.2) is 26.3 Å². The van der Waals surface area contributed by atoms with Crippen molar-refractivity contribution >= 4 is 34.0 Å². The molecule has 0 fully saturated rings. The van der Waals surface area contributed by atoms with Gasteiger partial charge in [-0.05, 0) is 40.8 Å². The third-order valence-electron chi connectivity index (χ3n) is 2.25. The molecular weight excluding hydrogens is 291 g/mol. The Bertz CT molecular complexity index is 330. The number of fused-ring (bicyclic) bond motifs is 1. The zero-order chi connectivity index (χ0) is 9.97. The molecule has 1 aromatic carbocycles. The lowest BCUT2D eigenvalue weighted by atomic mass is 10.1. The fourth-order valence-electron chi connectivity index (χ4n) is 1.59. The molecule has 0 amide bonds. The standard InChI is InChI=1S/C10H13IN2O/c1-14-6-8-5-12-10-4-7(11)2-3-9(10)13-8/h2-4,8,12-13H,5-6H2,1H3. The predicted molar refractivity (Wildman–Crippen MR) is 66.9 cm³/mol. The van der Waals surface area contributed by atoms with Gasteiger partial charge in [-0.1, -0.05) is 0 Å². The lowest BCUT2D eigenvalue weighted by Gasteiger charge is -2.27. The minimum atomic E-state index is 0.368. The van der Waals surface area contributed by atoms with Crippen LogP contribution in [0.5, 0.6) is 0 Å². The fraction of sp³-hybridized carbons (Fsp3) is 0.400. The Kier molecular flexibility index (Phi) is 3.12. The van der Waals surface area contributed by atoms with Crippen molar-refractivity contribution in [2.45, 2.75) is 6.04 Å². The molecule has 1 heterocycles. The first-order chi connectivity index (χ1) is 6.79. The number of hydrogen-bond donors (Lipinski definition) is 2. The van der Waals surface area contributed by atoms with Crippen LogP contribution in [0.15, 0.2) is 18.2 Å². The van der Waals surface area contributed by atoms with Gasteiger partial charge in [-0.15, -0.1) is 0 Å². The van der Waals surface area contributed by atoms with Crippen molar-refractivity contribution in [2.75, 3.05) is 30.9 Å². The summed E-state index contributed by atoms with van der Waals surface area (Å²) in [6, 6.07) is 6.72. The van der Waals surface area contributed by atoms with Gasteiger partial charge >= 0.3 is 0 Å². The van der Waals surface area contributed by atoms with E-state index in [1.165, 1.54) is 14.9 Å². The number of anilines is 2. The summed E-state index contributed by atoms with van der Waals surface area (Å²) in [6.07, 6.45) is 0. The Hall–Kier alpha value is -0.490. The third-order valence-corrected chi connectivity index (χ3v) is 2.92. The summed E-state index contributed by atoms with van der Waals surface area (Å²) >= 11 is 2.32. The Labute approximate surface area is 97.4 Å². The highest BCUT2D eigenvalue weighted by Crippen LogP contribution is 2.27. The van der Waals surface area contributed by atoms with E-state index in [4.69, 9.17) is 4.74 Å². The number of methoxy groups -OCH3 is 1. The predicted octanol–water partition coefficient (Wildman–Crippen LogP) is 2.14. The SMILES string of the molecule is COCC1CNc2cc(I)ccc2N1. The number of benzene rings is 1. The fourth-order valence-corrected chi connectivity index (χ4v) is 2.09. The zero-order valence-electron chi connectivity index (χ0n) is 8.01. The van der Waals surface area contributed by atoms with Crippen LogP contribution in [0.3, 0.4) is 0 Å². The molecule has 0 saturated heterocycles. The summed E-state index contributed by atoms with van der Waals surface area (Å²) in [5.74, 6) is 0. The highest BCUT2D eigenvalue weighted by atomic mass is 127. The van der Waals surface area contributed by atoms with E-state index in [9.17, 15) is 0 Å². The molecule has 0 saturated carbocycles. The molecule has 0 radical (unpaired) electrons. The molecule has 1 aliphatic rings. The van der Waals surface area contributed by atoms with Crippen molar-refractivity contribution in [1.82, 2.24) is 0 Å². The molecule has 14 heavy (non-hydrogen) atoms. The Morgan fingerprint density at radius 2 is 2.36 bits per heavy atom. The van der Waals surface area contributed by atoms with Crippen LogP contribution < -0.4 is 10.6 Å². The number of ether oxygens (including phenoxy) is 1. The Morgan fingerprint density at radius 3 is 3.14 bits per heavy atom. The second-order valence-corrected chi connectivity index (χ2v) is 4.61. The van der Waals surface area contributed by atoms with Crippen LogP contribution in [0.4, 0.5) is 11.4 Å². The molecule has 0 aliphatic carbocycles. The van der Waals surface area contributed by atoms with Gasteiger partial charge in [-0.25, -0.2) is 0 Å². The quantitative estimate of drug-likeness (QED) is 0.821. The van der Waals surface area contributed by atoms with E-state index >= 15 is 0 Å². The van der Waals surface area contributed by atoms with Gasteiger partial charge in [0.05, 0.1) is 24.0 Å². The molecule has 1 aromatic rings. The number of rotatable bonds is 2. The topological polar surface area (TPSA) is 33.3 Å². The molecule has 4 heteroatoms. The van der Waals surface area contributed by atoms with Crippen LogP contribution in [0.2, 0.25) is 0 Å². The normalized spacial score (nSPS) is 19.4. The first-order valence-corrected chi connectivity index (χ1v) is 5.66. The van der Waals surface area contributed by atoms with E-state index in [0.29, 0.717) is 6.04 Å². The van der Waals surface area contributed by atoms with Gasteiger partial charge in [0.25, 0.3) is 0 Å². The smallest absolute Gasteiger partial charge is 0.0681 e. The number of halogens is 1. The third kappa shape index (κ3) is 2.12. The van der Waals surface area contributed by atoms with Gasteiger partial charge in [-0.3, -0.25) is 0 Å². The van der Waals surface area contributed by atoms with E-state index in [1.807, 2.05) is 0 Å². The molecule has 0 aromatic heterocycles. The number of hydrogen-bond acceptors (Lipinski definition) is 3. The molecule has 0 bridgehead atoms. The summed E-state index contributed by atoms with van der Waals surface area (Å²) < 4.78 is 6.37. The summed E-state index contributed by atoms with van der Waals surface area (Å²) in [6.45, 7) is 1.65. The first kappa shape index (κ1) is 10.0. The molecule has 3 nitrogen and oxygen atoms in total. The lowest BCUT2D eigenvalue weighted by Crippen LogP contribution is -2.36. The van der Waals surface area contributed by atoms with Gasteiger partial charge in [0.15, 0.2) is 0 Å². The van der Waals surface area contributed by atoms with Gasteiger partial charge in [0.1, 0.15) is 0 Å². The van der Waals surface area contributed by atoms with Crippen LogP contribution in [0, 0.1) is 3.57 Å². The molecule has 1 unspecified atom stereocenters. The highest BCUT2D eigenvalue weighted by molar-refractivity contribution is 14.1. The summed E-state index contributed by atoms with van der Waals surface area (Å²) in [5.41, 5.74) is 2.35. The Balaban J connectivity index is 2.15. The van der Waals surface area contributed by atoms with Gasteiger partial charge in [0.2, 0.25) is 0 Å². The molecular formula is C10H13IN2O. The minimum Gasteiger partial charge on any atom is -0.382 e. The van der Waals surface area contributed by atoms with Crippen molar-refractivity contribution in [1.29, 1.82) is 0 Å². The first-order valence-electron chi connectivity index (χ1n) is 4.58. The van der Waals surface area contributed by atoms with Crippen molar-refractivity contribution in [2.24, 2.45) is 0 Å². The molecule has 0 spiro atoms. The van der Waals surface area contributed by atoms with E-state index in [1.54, 1.807) is 7.11 Å². The van der Waals surface area contributed by atoms with Crippen LogP contribution in [0.25, 0.3) is 0 Å². The van der Waals surface area contributed by atoms with Crippen molar-refractivity contribution in [3.05, 3.63) is 21.8 Å². The van der Waals surface area contributed by atoms with Gasteiger partial charge < -0.3 is 15.4 Å². The monoisotopic (exact) mass is 304 g/mol. The largest absolute Gasteiger partial charge is 0.382 e. The molecule has 1 atom stereocenters. The van der Waals surface area contributed by atoms with E-state index in [2.05, 4.69) is 51.4 Å². The summed E-state index contributed by atoms with van der Waals surface area (Å²) in [5, 5.41) is 6.83. The molecule has 76 valence electrons. The van der Waals surface area contributed by atoms with Gasteiger partial charge in [-0.2, -0.15) is 0 Å². The second-order valence-electron chi connectivity index (χ2n) is 3.37. The molecule has 2 N–H and O–H groups in total. The maximum atomic E-state index is 5.12. The van der Waals surface area contributed by atoms with Crippen molar-refractivity contribution in [3.63, 3.8) is 0 Å². The lowest BCUT2D eigenvalue weighted by molar-refractivity contribution is 0.188. The van der Waals surface area contributed by atoms with Crippen molar-refractivity contribution in [3.8, 4) is 0 Å². The molecule has 1 aliphatic heterocycles. The minimum absolute atomic E-state index is 0.368.